The zero-order valence-electron chi connectivity index (χ0n) is 13.9. The number of hydrogen-bond donors (Lipinski definition) is 1. The van der Waals surface area contributed by atoms with Crippen molar-refractivity contribution >= 4 is 17.7 Å². The van der Waals surface area contributed by atoms with Gasteiger partial charge in [-0.15, -0.1) is 11.8 Å². The van der Waals surface area contributed by atoms with Crippen molar-refractivity contribution in [2.75, 3.05) is 27.5 Å². The van der Waals surface area contributed by atoms with Crippen LogP contribution < -0.4 is 15.0 Å². The Morgan fingerprint density at radius 2 is 1.83 bits per heavy atom. The number of fused-ring (bicyclic) bond motifs is 1. The van der Waals surface area contributed by atoms with Crippen LogP contribution in [0.15, 0.2) is 29.1 Å². The Hall–Kier alpha value is -2.41. The van der Waals surface area contributed by atoms with Crippen LogP contribution in [0.3, 0.4) is 0 Å². The van der Waals surface area contributed by atoms with Crippen molar-refractivity contribution < 1.29 is 14.3 Å². The highest BCUT2D eigenvalue weighted by Crippen LogP contribution is 2.43. The predicted molar refractivity (Wildman–Crippen MR) is 94.0 cm³/mol. The average Bonchev–Trinajstić information content (AvgIpc) is 2.84. The molecule has 0 aliphatic carbocycles. The molecule has 0 radical (unpaired) electrons. The summed E-state index contributed by atoms with van der Waals surface area (Å²) in [6, 6.07) is 6.78. The molecule has 0 fully saturated rings. The number of methoxy groups -OCH3 is 2. The summed E-state index contributed by atoms with van der Waals surface area (Å²) in [6.45, 7) is 0. The highest BCUT2D eigenvalue weighted by atomic mass is 32.2. The van der Waals surface area contributed by atoms with Crippen LogP contribution in [0.1, 0.15) is 21.3 Å². The average molecular weight is 346 g/mol. The van der Waals surface area contributed by atoms with Gasteiger partial charge in [-0.1, -0.05) is 0 Å². The number of aromatic amines is 1. The van der Waals surface area contributed by atoms with E-state index in [1.165, 1.54) is 6.07 Å². The van der Waals surface area contributed by atoms with Gasteiger partial charge >= 0.3 is 0 Å². The molecule has 7 heteroatoms. The molecule has 1 atom stereocenters. The van der Waals surface area contributed by atoms with E-state index in [9.17, 15) is 9.59 Å². The number of pyridine rings is 1. The van der Waals surface area contributed by atoms with Crippen LogP contribution in [0.25, 0.3) is 11.3 Å². The molecule has 2 aromatic rings. The van der Waals surface area contributed by atoms with Crippen molar-refractivity contribution in [2.24, 2.45) is 0 Å². The van der Waals surface area contributed by atoms with Gasteiger partial charge in [0.1, 0.15) is 5.37 Å². The van der Waals surface area contributed by atoms with Gasteiger partial charge in [-0.3, -0.25) is 9.59 Å². The van der Waals surface area contributed by atoms with Gasteiger partial charge in [0.25, 0.3) is 5.91 Å². The van der Waals surface area contributed by atoms with Gasteiger partial charge in [0.2, 0.25) is 5.56 Å². The van der Waals surface area contributed by atoms with Crippen LogP contribution >= 0.6 is 11.8 Å². The van der Waals surface area contributed by atoms with Crippen molar-refractivity contribution in [3.05, 3.63) is 45.7 Å². The third-order valence-corrected chi connectivity index (χ3v) is 5.13. The number of amides is 1. The Labute approximate surface area is 143 Å². The first-order valence-electron chi connectivity index (χ1n) is 7.31. The first-order valence-corrected chi connectivity index (χ1v) is 8.60. The Balaban J connectivity index is 2.26. The minimum atomic E-state index is -0.304. The largest absolute Gasteiger partial charge is 0.493 e. The number of nitrogens with zero attached hydrogens (tertiary/aromatic N) is 1. The molecule has 1 amide bonds. The maximum absolute atomic E-state index is 12.4. The molecule has 0 bridgehead atoms. The van der Waals surface area contributed by atoms with Gasteiger partial charge in [0, 0.05) is 24.2 Å². The van der Waals surface area contributed by atoms with Gasteiger partial charge < -0.3 is 19.4 Å². The Morgan fingerprint density at radius 3 is 2.46 bits per heavy atom. The van der Waals surface area contributed by atoms with E-state index in [-0.39, 0.29) is 16.8 Å². The summed E-state index contributed by atoms with van der Waals surface area (Å²) in [4.78, 5) is 29.0. The van der Waals surface area contributed by atoms with E-state index in [0.29, 0.717) is 22.8 Å². The van der Waals surface area contributed by atoms with Crippen LogP contribution in [0, 0.1) is 0 Å². The van der Waals surface area contributed by atoms with Crippen molar-refractivity contribution in [3.63, 3.8) is 0 Å². The van der Waals surface area contributed by atoms with E-state index in [2.05, 4.69) is 4.98 Å². The van der Waals surface area contributed by atoms with E-state index >= 15 is 0 Å². The van der Waals surface area contributed by atoms with Gasteiger partial charge in [-0.25, -0.2) is 0 Å². The van der Waals surface area contributed by atoms with E-state index < -0.39 is 0 Å². The number of thioether (sulfide) groups is 1. The number of H-pyrrole nitrogens is 1. The third-order valence-electron chi connectivity index (χ3n) is 4.13. The SMILES string of the molecule is COc1ccc(-c2[nH]c(=O)cc3c2C(SC)N(C)C3=O)cc1OC. The fourth-order valence-electron chi connectivity index (χ4n) is 2.99. The number of rotatable bonds is 4. The molecule has 126 valence electrons. The number of nitrogens with one attached hydrogen (secondary N) is 1. The number of aromatic nitrogens is 1. The van der Waals surface area contributed by atoms with E-state index in [1.807, 2.05) is 12.3 Å². The smallest absolute Gasteiger partial charge is 0.255 e. The monoisotopic (exact) mass is 346 g/mol. The van der Waals surface area contributed by atoms with Gasteiger partial charge in [0.15, 0.2) is 11.5 Å². The van der Waals surface area contributed by atoms with Gasteiger partial charge in [-0.05, 0) is 24.5 Å². The topological polar surface area (TPSA) is 71.6 Å². The van der Waals surface area contributed by atoms with Crippen LogP contribution in [-0.4, -0.2) is 43.3 Å². The lowest BCUT2D eigenvalue weighted by Gasteiger charge is -2.20. The maximum atomic E-state index is 12.4. The molecule has 1 aliphatic heterocycles. The summed E-state index contributed by atoms with van der Waals surface area (Å²) in [6.07, 6.45) is 1.94. The molecule has 0 saturated carbocycles. The minimum absolute atomic E-state index is 0.142. The quantitative estimate of drug-likeness (QED) is 0.921. The van der Waals surface area contributed by atoms with E-state index in [1.54, 1.807) is 50.1 Å². The number of ether oxygens (including phenoxy) is 2. The van der Waals surface area contributed by atoms with Gasteiger partial charge in [0.05, 0.1) is 25.5 Å². The second-order valence-electron chi connectivity index (χ2n) is 5.41. The highest BCUT2D eigenvalue weighted by Gasteiger charge is 2.37. The summed E-state index contributed by atoms with van der Waals surface area (Å²) in [5.41, 5.74) is 2.37. The van der Waals surface area contributed by atoms with Crippen LogP contribution in [-0.2, 0) is 0 Å². The summed E-state index contributed by atoms with van der Waals surface area (Å²) < 4.78 is 10.6. The molecule has 2 heterocycles. The highest BCUT2D eigenvalue weighted by molar-refractivity contribution is 7.98. The lowest BCUT2D eigenvalue weighted by atomic mass is 10.0. The summed E-state index contributed by atoms with van der Waals surface area (Å²) >= 11 is 1.55. The Bertz CT molecular complexity index is 862. The van der Waals surface area contributed by atoms with Gasteiger partial charge in [-0.2, -0.15) is 0 Å². The molecular weight excluding hydrogens is 328 g/mol. The summed E-state index contributed by atoms with van der Waals surface area (Å²) in [5.74, 6) is 1.02. The summed E-state index contributed by atoms with van der Waals surface area (Å²) in [7, 11) is 4.87. The third kappa shape index (κ3) is 2.45. The number of hydrogen-bond acceptors (Lipinski definition) is 5. The molecular formula is C17H18N2O4S. The lowest BCUT2D eigenvalue weighted by Crippen LogP contribution is -2.21. The molecule has 1 aromatic carbocycles. The number of carbonyl (C=O) groups excluding carboxylic acids is 1. The minimum Gasteiger partial charge on any atom is -0.493 e. The molecule has 3 rings (SSSR count). The van der Waals surface area contributed by atoms with Crippen molar-refractivity contribution in [3.8, 4) is 22.8 Å². The fraction of sp³-hybridized carbons (Fsp3) is 0.294. The normalized spacial score (nSPS) is 16.2. The first kappa shape index (κ1) is 16.4. The van der Waals surface area contributed by atoms with E-state index in [4.69, 9.17) is 9.47 Å². The van der Waals surface area contributed by atoms with Crippen LogP contribution in [0.5, 0.6) is 11.5 Å². The van der Waals surface area contributed by atoms with Crippen molar-refractivity contribution in [1.29, 1.82) is 0 Å². The Kier molecular flexibility index (Phi) is 4.28. The molecule has 0 spiro atoms. The second kappa shape index (κ2) is 6.24. The zero-order chi connectivity index (χ0) is 17.4. The fourth-order valence-corrected chi connectivity index (χ4v) is 3.88. The molecule has 1 aromatic heterocycles. The van der Waals surface area contributed by atoms with Crippen LogP contribution in [0.4, 0.5) is 0 Å². The molecule has 1 N–H and O–H groups in total. The Morgan fingerprint density at radius 1 is 1.12 bits per heavy atom. The molecule has 24 heavy (non-hydrogen) atoms. The van der Waals surface area contributed by atoms with Crippen molar-refractivity contribution in [2.45, 2.75) is 5.37 Å². The first-order chi connectivity index (χ1) is 11.5. The molecule has 1 aliphatic rings. The molecule has 6 nitrogen and oxygen atoms in total. The lowest BCUT2D eigenvalue weighted by molar-refractivity contribution is 0.0813. The standard InChI is InChI=1S/C17H18N2O4S/c1-19-16(21)10-8-13(20)18-15(14(10)17(19)24-4)9-5-6-11(22-2)12(7-9)23-3/h5-8,17H,1-4H3,(H,18,20). The molecule has 1 unspecified atom stereocenters. The van der Waals surface area contributed by atoms with Crippen molar-refractivity contribution in [1.82, 2.24) is 9.88 Å². The maximum Gasteiger partial charge on any atom is 0.255 e. The number of benzene rings is 1. The second-order valence-corrected chi connectivity index (χ2v) is 6.33. The molecule has 0 saturated heterocycles. The number of carbonyl (C=O) groups is 1. The zero-order valence-corrected chi connectivity index (χ0v) is 14.7. The van der Waals surface area contributed by atoms with E-state index in [0.717, 1.165) is 11.1 Å². The predicted octanol–water partition coefficient (Wildman–Crippen LogP) is 2.51. The summed E-state index contributed by atoms with van der Waals surface area (Å²) in [5, 5.41) is -0.146. The van der Waals surface area contributed by atoms with Crippen LogP contribution in [0.2, 0.25) is 0 Å².